The number of ether oxygens (including phenoxy) is 1. The van der Waals surface area contributed by atoms with Gasteiger partial charge in [-0.25, -0.2) is 0 Å². The highest BCUT2D eigenvalue weighted by Gasteiger charge is 2.10. The molecule has 0 aliphatic rings. The minimum atomic E-state index is 0.375. The van der Waals surface area contributed by atoms with Crippen molar-refractivity contribution in [2.24, 2.45) is 0 Å². The van der Waals surface area contributed by atoms with Crippen LogP contribution < -0.4 is 4.74 Å². The van der Waals surface area contributed by atoms with Crippen LogP contribution in [-0.4, -0.2) is 17.3 Å². The van der Waals surface area contributed by atoms with Gasteiger partial charge in [-0.3, -0.25) is 0 Å². The van der Waals surface area contributed by atoms with Crippen LogP contribution in [0, 0.1) is 0 Å². The van der Waals surface area contributed by atoms with Crippen molar-refractivity contribution < 1.29 is 4.74 Å². The Morgan fingerprint density at radius 3 is 2.45 bits per heavy atom. The fourth-order valence-corrected chi connectivity index (χ4v) is 2.51. The number of hydrogen-bond acceptors (Lipinski definition) is 3. The molecule has 1 aromatic heterocycles. The molecule has 2 aromatic carbocycles. The van der Waals surface area contributed by atoms with Crippen molar-refractivity contribution >= 4 is 38.3 Å². The highest BCUT2D eigenvalue weighted by atomic mass is 79.9. The van der Waals surface area contributed by atoms with Gasteiger partial charge in [-0.15, -0.1) is 10.2 Å². The molecule has 0 saturated carbocycles. The summed E-state index contributed by atoms with van der Waals surface area (Å²) in [6.07, 6.45) is 0. The third kappa shape index (κ3) is 2.37. The molecule has 1 heterocycles. The Bertz CT molecular complexity index is 775. The summed E-state index contributed by atoms with van der Waals surface area (Å²) < 4.78 is 6.25. The van der Waals surface area contributed by atoms with Gasteiger partial charge in [-0.05, 0) is 30.3 Å². The predicted molar refractivity (Wildman–Crippen MR) is 84.2 cm³/mol. The Labute approximate surface area is 129 Å². The fourth-order valence-electron chi connectivity index (χ4n) is 2.05. The van der Waals surface area contributed by atoms with Crippen molar-refractivity contribution in [3.8, 4) is 17.0 Å². The van der Waals surface area contributed by atoms with Gasteiger partial charge in [0.05, 0.1) is 7.11 Å². The molecule has 0 spiro atoms. The van der Waals surface area contributed by atoms with Gasteiger partial charge < -0.3 is 4.74 Å². The smallest absolute Gasteiger partial charge is 0.159 e. The van der Waals surface area contributed by atoms with Crippen molar-refractivity contribution in [3.63, 3.8) is 0 Å². The first-order chi connectivity index (χ1) is 9.69. The first-order valence-corrected chi connectivity index (χ1v) is 7.12. The predicted octanol–water partition coefficient (Wildman–Crippen LogP) is 4.72. The number of halogens is 2. The number of benzene rings is 2. The second kappa shape index (κ2) is 5.38. The average molecular weight is 350 g/mol. The summed E-state index contributed by atoms with van der Waals surface area (Å²) in [6, 6.07) is 13.6. The Hall–Kier alpha value is -1.65. The summed E-state index contributed by atoms with van der Waals surface area (Å²) in [6.45, 7) is 0. The normalized spacial score (nSPS) is 10.8. The van der Waals surface area contributed by atoms with E-state index in [1.165, 1.54) is 0 Å². The van der Waals surface area contributed by atoms with E-state index in [1.54, 1.807) is 7.11 Å². The topological polar surface area (TPSA) is 35.0 Å². The van der Waals surface area contributed by atoms with Gasteiger partial charge in [0.25, 0.3) is 0 Å². The third-order valence-electron chi connectivity index (χ3n) is 3.06. The lowest BCUT2D eigenvalue weighted by Crippen LogP contribution is -1.92. The zero-order valence-electron chi connectivity index (χ0n) is 10.6. The summed E-state index contributed by atoms with van der Waals surface area (Å²) in [4.78, 5) is 0. The van der Waals surface area contributed by atoms with Gasteiger partial charge in [0.2, 0.25) is 0 Å². The highest BCUT2D eigenvalue weighted by Crippen LogP contribution is 2.32. The fraction of sp³-hybridized carbons (Fsp3) is 0.0667. The lowest BCUT2D eigenvalue weighted by molar-refractivity contribution is 0.415. The molecule has 3 aromatic rings. The zero-order valence-corrected chi connectivity index (χ0v) is 12.9. The molecule has 100 valence electrons. The summed E-state index contributed by atoms with van der Waals surface area (Å²) in [7, 11) is 1.62. The lowest BCUT2D eigenvalue weighted by Gasteiger charge is -2.08. The van der Waals surface area contributed by atoms with Crippen LogP contribution in [-0.2, 0) is 0 Å². The molecular weight excluding hydrogens is 340 g/mol. The Balaban J connectivity index is 2.26. The van der Waals surface area contributed by atoms with Crippen LogP contribution in [0.3, 0.4) is 0 Å². The van der Waals surface area contributed by atoms with Gasteiger partial charge >= 0.3 is 0 Å². The van der Waals surface area contributed by atoms with E-state index < -0.39 is 0 Å². The standard InChI is InChI=1S/C15H10BrClN2O/c1-20-11-6-7-12-13(8-11)15(17)19-18-14(12)9-2-4-10(16)5-3-9/h2-8H,1H3. The van der Waals surface area contributed by atoms with Gasteiger partial charge in [0.1, 0.15) is 11.4 Å². The van der Waals surface area contributed by atoms with E-state index in [4.69, 9.17) is 16.3 Å². The molecule has 3 rings (SSSR count). The van der Waals surface area contributed by atoms with Crippen molar-refractivity contribution in [2.75, 3.05) is 7.11 Å². The zero-order chi connectivity index (χ0) is 14.1. The van der Waals surface area contributed by atoms with Crippen molar-refractivity contribution in [3.05, 3.63) is 52.1 Å². The molecule has 0 fully saturated rings. The number of aromatic nitrogens is 2. The van der Waals surface area contributed by atoms with Crippen molar-refractivity contribution in [2.45, 2.75) is 0 Å². The maximum atomic E-state index is 6.13. The van der Waals surface area contributed by atoms with Crippen LogP contribution >= 0.6 is 27.5 Å². The van der Waals surface area contributed by atoms with Gasteiger partial charge in [0, 0.05) is 20.8 Å². The average Bonchev–Trinajstić information content (AvgIpc) is 2.49. The SMILES string of the molecule is COc1ccc2c(-c3ccc(Br)cc3)nnc(Cl)c2c1. The first-order valence-electron chi connectivity index (χ1n) is 5.95. The summed E-state index contributed by atoms with van der Waals surface area (Å²) in [5.41, 5.74) is 1.80. The number of fused-ring (bicyclic) bond motifs is 1. The first kappa shape index (κ1) is 13.3. The summed E-state index contributed by atoms with van der Waals surface area (Å²) >= 11 is 9.56. The molecule has 20 heavy (non-hydrogen) atoms. The molecular formula is C15H10BrClN2O. The molecule has 0 amide bonds. The van der Waals surface area contributed by atoms with Crippen LogP contribution in [0.5, 0.6) is 5.75 Å². The van der Waals surface area contributed by atoms with Crippen LogP contribution in [0.2, 0.25) is 5.15 Å². The van der Waals surface area contributed by atoms with Crippen molar-refractivity contribution in [1.82, 2.24) is 10.2 Å². The molecule has 0 unspecified atom stereocenters. The van der Waals surface area contributed by atoms with E-state index in [0.29, 0.717) is 5.15 Å². The Kier molecular flexibility index (Phi) is 3.59. The maximum Gasteiger partial charge on any atom is 0.159 e. The second-order valence-electron chi connectivity index (χ2n) is 4.26. The van der Waals surface area contributed by atoms with Crippen LogP contribution in [0.25, 0.3) is 22.0 Å². The van der Waals surface area contributed by atoms with Crippen LogP contribution in [0.1, 0.15) is 0 Å². The van der Waals surface area contributed by atoms with E-state index in [1.807, 2.05) is 42.5 Å². The number of nitrogens with zero attached hydrogens (tertiary/aromatic N) is 2. The van der Waals surface area contributed by atoms with E-state index in [0.717, 1.165) is 32.3 Å². The summed E-state index contributed by atoms with van der Waals surface area (Å²) in [5, 5.41) is 10.4. The third-order valence-corrected chi connectivity index (χ3v) is 3.87. The van der Waals surface area contributed by atoms with E-state index in [2.05, 4.69) is 26.1 Å². The molecule has 0 aliphatic carbocycles. The molecule has 5 heteroatoms. The highest BCUT2D eigenvalue weighted by molar-refractivity contribution is 9.10. The molecule has 3 nitrogen and oxygen atoms in total. The molecule has 0 atom stereocenters. The Morgan fingerprint density at radius 1 is 1.00 bits per heavy atom. The molecule has 0 bridgehead atoms. The van der Waals surface area contributed by atoms with E-state index in [-0.39, 0.29) is 0 Å². The largest absolute Gasteiger partial charge is 0.497 e. The summed E-state index contributed by atoms with van der Waals surface area (Å²) in [5.74, 6) is 0.745. The number of methoxy groups -OCH3 is 1. The van der Waals surface area contributed by atoms with E-state index in [9.17, 15) is 0 Å². The monoisotopic (exact) mass is 348 g/mol. The Morgan fingerprint density at radius 2 is 1.75 bits per heavy atom. The minimum absolute atomic E-state index is 0.375. The van der Waals surface area contributed by atoms with Crippen LogP contribution in [0.4, 0.5) is 0 Å². The van der Waals surface area contributed by atoms with Crippen LogP contribution in [0.15, 0.2) is 46.9 Å². The van der Waals surface area contributed by atoms with Crippen molar-refractivity contribution in [1.29, 1.82) is 0 Å². The van der Waals surface area contributed by atoms with Gasteiger partial charge in [-0.2, -0.15) is 0 Å². The lowest BCUT2D eigenvalue weighted by atomic mass is 10.1. The number of rotatable bonds is 2. The second-order valence-corrected chi connectivity index (χ2v) is 5.53. The van der Waals surface area contributed by atoms with Gasteiger partial charge in [0.15, 0.2) is 5.15 Å². The quantitative estimate of drug-likeness (QED) is 0.671. The molecule has 0 N–H and O–H groups in total. The van der Waals surface area contributed by atoms with E-state index >= 15 is 0 Å². The molecule has 0 radical (unpaired) electrons. The molecule has 0 aliphatic heterocycles. The maximum absolute atomic E-state index is 6.13. The molecule has 0 saturated heterocycles. The number of hydrogen-bond donors (Lipinski definition) is 0. The minimum Gasteiger partial charge on any atom is -0.497 e. The van der Waals surface area contributed by atoms with Gasteiger partial charge in [-0.1, -0.05) is 39.7 Å².